The van der Waals surface area contributed by atoms with E-state index >= 15 is 0 Å². The van der Waals surface area contributed by atoms with Gasteiger partial charge in [0.05, 0.1) is 62.0 Å². The monoisotopic (exact) mass is 1640 g/mol. The van der Waals surface area contributed by atoms with E-state index < -0.39 is 7.12 Å². The van der Waals surface area contributed by atoms with Crippen LogP contribution in [0.15, 0.2) is 187 Å². The molecule has 0 unspecified atom stereocenters. The lowest BCUT2D eigenvalue weighted by Crippen LogP contribution is -2.41. The highest BCUT2D eigenvalue weighted by molar-refractivity contribution is 14.1. The predicted molar refractivity (Wildman–Crippen MR) is 427 cm³/mol. The molecule has 103 heavy (non-hydrogen) atoms. The third-order valence-corrected chi connectivity index (χ3v) is 18.3. The summed E-state index contributed by atoms with van der Waals surface area (Å²) in [5, 5.41) is 39.8. The number of methoxy groups -OCH3 is 3. The number of phenols is 1. The smallest absolute Gasteiger partial charge is 0.498 e. The molecule has 4 N–H and O–H groups in total. The zero-order valence-corrected chi connectivity index (χ0v) is 67.2. The summed E-state index contributed by atoms with van der Waals surface area (Å²) in [5.41, 5.74) is 14.4. The van der Waals surface area contributed by atoms with Gasteiger partial charge in [-0.25, -0.2) is 0 Å². The van der Waals surface area contributed by atoms with Crippen LogP contribution in [0, 0.1) is 55.4 Å². The number of aromatic hydroxyl groups is 1. The highest BCUT2D eigenvalue weighted by Gasteiger charge is 2.52. The van der Waals surface area contributed by atoms with Crippen molar-refractivity contribution in [2.45, 2.75) is 112 Å². The molecule has 7 aromatic heterocycles. The molecule has 12 rings (SSSR count). The van der Waals surface area contributed by atoms with Crippen LogP contribution in [-0.2, 0) is 30.5 Å². The standard InChI is InChI=1S/C18H19N3O2.C17H17N3O2.C14H14BrNO2.C10H17BN2O2.C8H11BO3.C6H6BrNO.C3H7I/c1-12-8-18(22)21(11-16(12)14-9-19-20(3)10-14)17-6-5-15(23-4)7-13(17)2;1-11-7-17(22)20(16-5-4-14(21)6-12(16)2)10-15(11)13-8-18-19(3)9-13;1-9-7-14(17)16(8-12(9)15)13-5-4-11(18-3)6-10(13)2;1-9(2)10(3,4)15-11(14-9)8-6-12-13(5)7-8;1-6-5-7(12-2)3-4-8(6)9(10)11;1-4-2-6(9)8-3-5(4)7;1-3(2)4/h5-11H,1-4H3;4-10,21H,1-3H3;4-8H,1-3H3;6-7H,1-5H3;3-5,10-11H,1-2H3;2-3H,1H3,(H,8,9);3H,1-2H3. The first kappa shape index (κ1) is 83.1. The zero-order valence-electron chi connectivity index (χ0n) is 61.9. The zero-order chi connectivity index (χ0) is 76.5. The summed E-state index contributed by atoms with van der Waals surface area (Å²) in [5.74, 6) is 2.47. The molecule has 0 atom stereocenters. The number of halogens is 3. The van der Waals surface area contributed by atoms with Crippen LogP contribution in [0.4, 0.5) is 0 Å². The molecule has 11 aromatic rings. The van der Waals surface area contributed by atoms with Gasteiger partial charge in [0.1, 0.15) is 23.0 Å². The number of aromatic nitrogens is 10. The van der Waals surface area contributed by atoms with Crippen molar-refractivity contribution in [1.82, 2.24) is 48.0 Å². The number of hydrogen-bond donors (Lipinski definition) is 4. The normalized spacial score (nSPS) is 12.3. The van der Waals surface area contributed by atoms with Gasteiger partial charge in [0, 0.05) is 136 Å². The number of H-pyrrole nitrogens is 1. The van der Waals surface area contributed by atoms with Crippen molar-refractivity contribution >= 4 is 79.6 Å². The maximum Gasteiger partial charge on any atom is 0.498 e. The van der Waals surface area contributed by atoms with Gasteiger partial charge in [0.15, 0.2) is 0 Å². The minimum Gasteiger partial charge on any atom is -0.508 e. The number of phenolic OH excluding ortho intramolecular Hbond substituents is 1. The van der Waals surface area contributed by atoms with Gasteiger partial charge in [-0.05, 0) is 232 Å². The number of pyridine rings is 4. The molecule has 0 aliphatic carbocycles. The molecule has 1 saturated heterocycles. The summed E-state index contributed by atoms with van der Waals surface area (Å²) in [6, 6.07) is 27.8. The van der Waals surface area contributed by atoms with Crippen LogP contribution >= 0.6 is 54.5 Å². The second kappa shape index (κ2) is 37.0. The summed E-state index contributed by atoms with van der Waals surface area (Å²) in [4.78, 5) is 49.9. The molecular weight excluding hydrogens is 1550 g/mol. The van der Waals surface area contributed by atoms with Gasteiger partial charge in [0.2, 0.25) is 5.56 Å². The van der Waals surface area contributed by atoms with E-state index in [4.69, 9.17) is 33.6 Å². The lowest BCUT2D eigenvalue weighted by Gasteiger charge is -2.32. The minimum atomic E-state index is -1.41. The second-order valence-electron chi connectivity index (χ2n) is 25.7. The Morgan fingerprint density at radius 1 is 0.505 bits per heavy atom. The molecular formula is C76H91B2Br2IN10O12. The fourth-order valence-corrected chi connectivity index (χ4v) is 10.8. The highest BCUT2D eigenvalue weighted by Crippen LogP contribution is 2.36. The van der Waals surface area contributed by atoms with Crippen LogP contribution in [0.25, 0.3) is 39.3 Å². The summed E-state index contributed by atoms with van der Waals surface area (Å²) < 4.78 is 39.9. The van der Waals surface area contributed by atoms with Gasteiger partial charge in [-0.3, -0.25) is 46.9 Å². The van der Waals surface area contributed by atoms with Gasteiger partial charge < -0.3 is 43.7 Å². The van der Waals surface area contributed by atoms with Crippen molar-refractivity contribution in [2.24, 2.45) is 21.1 Å². The Labute approximate surface area is 632 Å². The Bertz CT molecular complexity index is 4940. The summed E-state index contributed by atoms with van der Waals surface area (Å²) >= 11 is 9.05. The Morgan fingerprint density at radius 2 is 0.883 bits per heavy atom. The predicted octanol–water partition coefficient (Wildman–Crippen LogP) is 12.3. The van der Waals surface area contributed by atoms with E-state index in [1.54, 1.807) is 148 Å². The van der Waals surface area contributed by atoms with E-state index in [1.165, 1.54) is 0 Å². The SMILES string of the molecule is CC(C)I.COc1ccc(-n2cc(-c3cnn(C)c3)c(C)cc2=O)c(C)c1.COc1ccc(-n2cc(Br)c(C)cc2=O)c(C)c1.COc1ccc(B(O)O)c(C)c1.Cc1cc(=O)[nH]cc1Br.Cc1cc(=O)n(-c2ccc(O)cc2C)cc1-c1cnn(C)c1.Cn1cc(B2OC(C)(C)C(C)(C)O2)cn1. The molecule has 8 heterocycles. The number of benzene rings is 4. The van der Waals surface area contributed by atoms with Gasteiger partial charge in [-0.2, -0.15) is 15.3 Å². The number of alkyl halides is 1. The van der Waals surface area contributed by atoms with E-state index in [-0.39, 0.29) is 46.3 Å². The first-order valence-corrected chi connectivity index (χ1v) is 35.5. The van der Waals surface area contributed by atoms with Crippen molar-refractivity contribution < 1.29 is 38.7 Å². The molecule has 22 nitrogen and oxygen atoms in total. The maximum atomic E-state index is 12.4. The highest BCUT2D eigenvalue weighted by atomic mass is 127. The molecule has 4 aromatic carbocycles. The second-order valence-corrected chi connectivity index (χ2v) is 29.9. The maximum absolute atomic E-state index is 12.4. The van der Waals surface area contributed by atoms with Crippen LogP contribution in [0.5, 0.6) is 23.0 Å². The van der Waals surface area contributed by atoms with E-state index in [9.17, 15) is 24.3 Å². The number of rotatable bonds is 10. The average molecular weight is 1640 g/mol. The summed E-state index contributed by atoms with van der Waals surface area (Å²) in [6.45, 7) is 27.7. The molecule has 544 valence electrons. The summed E-state index contributed by atoms with van der Waals surface area (Å²) in [6.07, 6.45) is 18.3. The first-order chi connectivity index (χ1) is 48.4. The van der Waals surface area contributed by atoms with Crippen LogP contribution in [-0.4, -0.2) is 114 Å². The van der Waals surface area contributed by atoms with Crippen molar-refractivity contribution in [3.8, 4) is 62.3 Å². The third kappa shape index (κ3) is 22.8. The summed E-state index contributed by atoms with van der Waals surface area (Å²) in [7, 11) is 8.75. The molecule has 1 fully saturated rings. The van der Waals surface area contributed by atoms with Gasteiger partial charge in [-0.15, -0.1) is 0 Å². The Morgan fingerprint density at radius 3 is 1.24 bits per heavy atom. The third-order valence-electron chi connectivity index (χ3n) is 16.6. The van der Waals surface area contributed by atoms with E-state index in [1.807, 2.05) is 165 Å². The fourth-order valence-electron chi connectivity index (χ4n) is 10.3. The molecule has 0 radical (unpaired) electrons. The van der Waals surface area contributed by atoms with Gasteiger partial charge in [-0.1, -0.05) is 42.5 Å². The number of aromatic amines is 1. The van der Waals surface area contributed by atoms with E-state index in [0.29, 0.717) is 5.46 Å². The minimum absolute atomic E-state index is 0.0380. The van der Waals surface area contributed by atoms with Crippen LogP contribution in [0.1, 0.15) is 86.1 Å². The molecule has 27 heteroatoms. The fraction of sp³-hybridized carbons (Fsp3) is 0.303. The number of nitrogens with one attached hydrogen (secondary N) is 1. The lowest BCUT2D eigenvalue weighted by atomic mass is 9.77. The number of hydrogen-bond acceptors (Lipinski definition) is 15. The van der Waals surface area contributed by atoms with Gasteiger partial charge in [0.25, 0.3) is 16.7 Å². The molecule has 0 saturated carbocycles. The Balaban J connectivity index is 0.000000196. The van der Waals surface area contributed by atoms with E-state index in [2.05, 4.69) is 88.6 Å². The van der Waals surface area contributed by atoms with Gasteiger partial charge >= 0.3 is 14.2 Å². The molecule has 0 spiro atoms. The van der Waals surface area contributed by atoms with E-state index in [0.717, 1.165) is 119 Å². The number of nitrogens with zero attached hydrogens (tertiary/aromatic N) is 9. The topological polar surface area (TPSA) is 259 Å². The number of ether oxygens (including phenoxy) is 3. The van der Waals surface area contributed by atoms with Crippen LogP contribution < -0.4 is 47.4 Å². The number of aryl methyl sites for hydroxylation is 11. The average Bonchev–Trinajstić information content (AvgIpc) is 1.70. The Kier molecular flexibility index (Phi) is 29.9. The molecule has 1 aliphatic rings. The molecule has 0 amide bonds. The molecule has 0 bridgehead atoms. The van der Waals surface area contributed by atoms with Crippen LogP contribution in [0.2, 0.25) is 0 Å². The van der Waals surface area contributed by atoms with Crippen molar-refractivity contribution in [1.29, 1.82) is 0 Å². The van der Waals surface area contributed by atoms with Crippen molar-refractivity contribution in [2.75, 3.05) is 21.3 Å². The first-order valence-electron chi connectivity index (χ1n) is 32.6. The van der Waals surface area contributed by atoms with Crippen molar-refractivity contribution in [3.05, 3.63) is 254 Å². The lowest BCUT2D eigenvalue weighted by molar-refractivity contribution is 0.00578. The van der Waals surface area contributed by atoms with Crippen LogP contribution in [0.3, 0.4) is 0 Å². The Hall–Kier alpha value is -8.83. The molecule has 1 aliphatic heterocycles. The largest absolute Gasteiger partial charge is 0.508 e. The quantitative estimate of drug-likeness (QED) is 0.0564. The van der Waals surface area contributed by atoms with Crippen molar-refractivity contribution in [3.63, 3.8) is 0 Å².